The van der Waals surface area contributed by atoms with Crippen molar-refractivity contribution >= 4 is 40.6 Å². The van der Waals surface area contributed by atoms with Crippen LogP contribution in [-0.4, -0.2) is 88.8 Å². The van der Waals surface area contributed by atoms with Crippen LogP contribution in [0.2, 0.25) is 5.02 Å². The third kappa shape index (κ3) is 7.33. The first-order valence-corrected chi connectivity index (χ1v) is 17.4. The second-order valence-electron chi connectivity index (χ2n) is 13.5. The summed E-state index contributed by atoms with van der Waals surface area (Å²) in [5.74, 6) is -1.22. The number of nitrogens with zero attached hydrogens (tertiary/aromatic N) is 8. The predicted molar refractivity (Wildman–Crippen MR) is 194 cm³/mol. The number of aryl methyl sites for hydroxylation is 1. The minimum Gasteiger partial charge on any atom is -0.504 e. The summed E-state index contributed by atoms with van der Waals surface area (Å²) in [6.07, 6.45) is -3.17. The van der Waals surface area contributed by atoms with E-state index in [9.17, 15) is 37.8 Å². The molecule has 1 saturated heterocycles. The molecule has 0 radical (unpaired) electrons. The Balaban J connectivity index is 1.38. The average molecular weight is 768 g/mol. The van der Waals surface area contributed by atoms with Gasteiger partial charge >= 0.3 is 6.18 Å². The fourth-order valence-electron chi connectivity index (χ4n) is 6.25. The zero-order valence-corrected chi connectivity index (χ0v) is 30.5. The van der Waals surface area contributed by atoms with E-state index in [1.54, 1.807) is 30.9 Å². The van der Waals surface area contributed by atoms with E-state index < -0.39 is 41.1 Å². The highest BCUT2D eigenvalue weighted by Gasteiger charge is 2.32. The van der Waals surface area contributed by atoms with Crippen LogP contribution in [0.25, 0.3) is 17.2 Å². The van der Waals surface area contributed by atoms with Gasteiger partial charge in [0.05, 0.1) is 34.3 Å². The van der Waals surface area contributed by atoms with Gasteiger partial charge in [-0.05, 0) is 37.1 Å². The number of rotatable bonds is 9. The van der Waals surface area contributed by atoms with Crippen molar-refractivity contribution in [2.24, 2.45) is 0 Å². The summed E-state index contributed by atoms with van der Waals surface area (Å²) >= 11 is 6.13. The van der Waals surface area contributed by atoms with E-state index in [4.69, 9.17) is 11.6 Å². The van der Waals surface area contributed by atoms with Crippen LogP contribution in [0.3, 0.4) is 0 Å². The van der Waals surface area contributed by atoms with Gasteiger partial charge in [-0.2, -0.15) is 22.7 Å². The zero-order chi connectivity index (χ0) is 39.1. The van der Waals surface area contributed by atoms with Gasteiger partial charge in [-0.15, -0.1) is 5.10 Å². The van der Waals surface area contributed by atoms with Crippen LogP contribution >= 0.6 is 11.6 Å². The fraction of sp³-hybridized carbons (Fsp3) is 0.361. The Kier molecular flexibility index (Phi) is 10.4. The summed E-state index contributed by atoms with van der Waals surface area (Å²) in [6, 6.07) is 9.79. The lowest BCUT2D eigenvalue weighted by Crippen LogP contribution is -2.51. The van der Waals surface area contributed by atoms with Gasteiger partial charge in [0.25, 0.3) is 11.5 Å². The van der Waals surface area contributed by atoms with Gasteiger partial charge in [-0.3, -0.25) is 14.4 Å². The maximum absolute atomic E-state index is 14.3. The van der Waals surface area contributed by atoms with Crippen LogP contribution in [0.1, 0.15) is 53.8 Å². The molecule has 6 rings (SSSR count). The molecular weight excluding hydrogens is 731 g/mol. The van der Waals surface area contributed by atoms with E-state index in [1.807, 2.05) is 26.0 Å². The molecule has 284 valence electrons. The van der Waals surface area contributed by atoms with Crippen LogP contribution in [0, 0.1) is 6.92 Å². The van der Waals surface area contributed by atoms with E-state index >= 15 is 0 Å². The molecule has 5 aromatic rings. The summed E-state index contributed by atoms with van der Waals surface area (Å²) in [5.41, 5.74) is 0.207. The Labute approximate surface area is 311 Å². The van der Waals surface area contributed by atoms with Crippen LogP contribution in [0.5, 0.6) is 5.75 Å². The second kappa shape index (κ2) is 14.7. The number of carbonyl (C=O) groups excluding carboxylic acids is 2. The van der Waals surface area contributed by atoms with E-state index in [-0.39, 0.29) is 84.3 Å². The highest BCUT2D eigenvalue weighted by atomic mass is 35.5. The molecule has 4 heterocycles. The maximum atomic E-state index is 14.3. The molecule has 0 atom stereocenters. The molecule has 0 saturated carbocycles. The maximum Gasteiger partial charge on any atom is 0.416 e. The van der Waals surface area contributed by atoms with Crippen molar-refractivity contribution in [3.8, 4) is 17.1 Å². The number of carbonyl (C=O) groups is 2. The van der Waals surface area contributed by atoms with Gasteiger partial charge in [-0.25, -0.2) is 9.97 Å². The average Bonchev–Trinajstić information content (AvgIpc) is 3.60. The standard InChI is InChI=1S/C36H37ClF3N9O5/c1-5-26-29(46-12-14-47(15-13-46)32(53)28-30(52)20(2)41-19-42-28)33(54)49-34(44-31(45-49)21-6-8-22(9-7-21)35(3,4)18-50)48(26)17-27(51)43-25-11-10-23(16-24(25)37)36(38,39)40/h6-11,16,19,50,52H,5,12-15,17-18H2,1-4H3,(H,43,51). The first-order chi connectivity index (χ1) is 25.5. The molecule has 0 aliphatic carbocycles. The van der Waals surface area contributed by atoms with E-state index in [2.05, 4.69) is 25.4 Å². The first kappa shape index (κ1) is 38.2. The van der Waals surface area contributed by atoms with Crippen molar-refractivity contribution in [1.29, 1.82) is 0 Å². The highest BCUT2D eigenvalue weighted by Crippen LogP contribution is 2.34. The number of hydrogen-bond donors (Lipinski definition) is 3. The van der Waals surface area contributed by atoms with Crippen LogP contribution < -0.4 is 15.8 Å². The van der Waals surface area contributed by atoms with Crippen LogP contribution in [-0.2, 0) is 29.4 Å². The minimum absolute atomic E-state index is 0.0382. The second-order valence-corrected chi connectivity index (χ2v) is 13.9. The summed E-state index contributed by atoms with van der Waals surface area (Å²) < 4.78 is 42.4. The van der Waals surface area contributed by atoms with Crippen molar-refractivity contribution in [1.82, 2.24) is 34.0 Å². The van der Waals surface area contributed by atoms with E-state index in [0.29, 0.717) is 11.3 Å². The first-order valence-electron chi connectivity index (χ1n) is 17.0. The number of benzene rings is 2. The largest absolute Gasteiger partial charge is 0.504 e. The minimum atomic E-state index is -4.63. The van der Waals surface area contributed by atoms with Crippen molar-refractivity contribution in [2.45, 2.75) is 52.3 Å². The Morgan fingerprint density at radius 1 is 1.00 bits per heavy atom. The van der Waals surface area contributed by atoms with Gasteiger partial charge in [0.15, 0.2) is 17.3 Å². The van der Waals surface area contributed by atoms with E-state index in [0.717, 1.165) is 28.3 Å². The molecule has 14 nitrogen and oxygen atoms in total. The molecule has 0 spiro atoms. The number of halogens is 4. The van der Waals surface area contributed by atoms with Crippen molar-refractivity contribution in [3.05, 3.63) is 92.4 Å². The molecule has 3 aromatic heterocycles. The summed E-state index contributed by atoms with van der Waals surface area (Å²) in [4.78, 5) is 57.0. The number of nitrogens with one attached hydrogen (secondary N) is 1. The molecule has 54 heavy (non-hydrogen) atoms. The van der Waals surface area contributed by atoms with Crippen molar-refractivity contribution in [3.63, 3.8) is 0 Å². The molecule has 1 aliphatic heterocycles. The molecule has 0 bridgehead atoms. The molecule has 18 heteroatoms. The Bertz CT molecular complexity index is 2300. The SMILES string of the molecule is CCc1c(N2CCN(C(=O)c3ncnc(C)c3O)CC2)c(=O)n2nc(-c3ccc(C(C)(C)CO)cc3)nc2n1CC(=O)Nc1ccc(C(F)(F)F)cc1Cl. The van der Waals surface area contributed by atoms with Crippen molar-refractivity contribution in [2.75, 3.05) is 43.0 Å². The number of alkyl halides is 3. The van der Waals surface area contributed by atoms with E-state index in [1.165, 1.54) is 15.8 Å². The van der Waals surface area contributed by atoms with Gasteiger partial charge in [0, 0.05) is 37.2 Å². The Morgan fingerprint density at radius 2 is 1.67 bits per heavy atom. The molecule has 2 aromatic carbocycles. The topological polar surface area (TPSA) is 171 Å². The van der Waals surface area contributed by atoms with Gasteiger partial charge in [-0.1, -0.05) is 56.6 Å². The number of piperazine rings is 1. The number of aromatic hydroxyl groups is 1. The highest BCUT2D eigenvalue weighted by molar-refractivity contribution is 6.33. The summed E-state index contributed by atoms with van der Waals surface area (Å²) in [7, 11) is 0. The van der Waals surface area contributed by atoms with Crippen LogP contribution in [0.4, 0.5) is 24.5 Å². The lowest BCUT2D eigenvalue weighted by molar-refractivity contribution is -0.137. The lowest BCUT2D eigenvalue weighted by Gasteiger charge is -2.36. The number of aliphatic hydroxyl groups excluding tert-OH is 1. The molecular formula is C36H37ClF3N9O5. The molecule has 3 N–H and O–H groups in total. The monoisotopic (exact) mass is 767 g/mol. The lowest BCUT2D eigenvalue weighted by atomic mass is 9.85. The predicted octanol–water partition coefficient (Wildman–Crippen LogP) is 4.47. The van der Waals surface area contributed by atoms with Gasteiger partial charge in [0.2, 0.25) is 11.7 Å². The van der Waals surface area contributed by atoms with Gasteiger partial charge < -0.3 is 29.9 Å². The van der Waals surface area contributed by atoms with Crippen molar-refractivity contribution < 1.29 is 33.0 Å². The quantitative estimate of drug-likeness (QED) is 0.195. The number of fused-ring (bicyclic) bond motifs is 1. The smallest absolute Gasteiger partial charge is 0.416 e. The normalized spacial score (nSPS) is 13.8. The third-order valence-corrected chi connectivity index (χ3v) is 9.76. The molecule has 1 aliphatic rings. The zero-order valence-electron chi connectivity index (χ0n) is 29.8. The number of anilines is 2. The molecule has 0 unspecified atom stereocenters. The fourth-order valence-corrected chi connectivity index (χ4v) is 6.47. The number of aliphatic hydroxyl groups is 1. The van der Waals surface area contributed by atoms with Crippen LogP contribution in [0.15, 0.2) is 53.6 Å². The number of hydrogen-bond acceptors (Lipinski definition) is 10. The molecule has 2 amide bonds. The Hall–Kier alpha value is -5.55. The number of aromatic nitrogens is 6. The molecule has 1 fully saturated rings. The van der Waals surface area contributed by atoms with Gasteiger partial charge in [0.1, 0.15) is 18.6 Å². The summed E-state index contributed by atoms with van der Waals surface area (Å²) in [5, 5.41) is 27.0. The third-order valence-electron chi connectivity index (χ3n) is 9.44. The summed E-state index contributed by atoms with van der Waals surface area (Å²) in [6.45, 7) is 7.42. The number of amides is 2. The Morgan fingerprint density at radius 3 is 2.28 bits per heavy atom.